The van der Waals surface area contributed by atoms with E-state index in [0.29, 0.717) is 12.5 Å². The second-order valence-corrected chi connectivity index (χ2v) is 2.03. The molecule has 0 amide bonds. The van der Waals surface area contributed by atoms with E-state index in [0.717, 1.165) is 25.7 Å². The lowest BCUT2D eigenvalue weighted by Gasteiger charge is -2.25. The first kappa shape index (κ1) is 5.76. The van der Waals surface area contributed by atoms with Crippen LogP contribution in [0, 0.1) is 0 Å². The van der Waals surface area contributed by atoms with Crippen LogP contribution in [0.1, 0.15) is 19.3 Å². The minimum absolute atomic E-state index is 0.403. The number of ether oxygens (including phenoxy) is 1. The number of hydrogen-bond acceptors (Lipinski definition) is 2. The Hall–Kier alpha value is -0.370. The summed E-state index contributed by atoms with van der Waals surface area (Å²) >= 11 is 0. The number of rotatable bonds is 3. The van der Waals surface area contributed by atoms with Gasteiger partial charge in [0.15, 0.2) is 0 Å². The van der Waals surface area contributed by atoms with Gasteiger partial charge in [0, 0.05) is 13.0 Å². The normalized spacial score (nSPS) is 26.8. The number of carbonyl (C=O) groups excluding carboxylic acids is 1. The van der Waals surface area contributed by atoms with E-state index in [4.69, 9.17) is 4.74 Å². The first-order valence-electron chi connectivity index (χ1n) is 2.98. The average molecular weight is 114 g/mol. The highest BCUT2D eigenvalue weighted by Crippen LogP contribution is 2.14. The minimum atomic E-state index is 0.403. The van der Waals surface area contributed by atoms with Gasteiger partial charge in [0.25, 0.3) is 0 Å². The third-order valence-electron chi connectivity index (χ3n) is 1.40. The fourth-order valence-electron chi connectivity index (χ4n) is 0.766. The van der Waals surface area contributed by atoms with E-state index in [-0.39, 0.29) is 0 Å². The van der Waals surface area contributed by atoms with Crippen molar-refractivity contribution in [1.29, 1.82) is 0 Å². The summed E-state index contributed by atoms with van der Waals surface area (Å²) in [6, 6.07) is 0. The van der Waals surface area contributed by atoms with Gasteiger partial charge in [0.2, 0.25) is 0 Å². The van der Waals surface area contributed by atoms with E-state index in [1.165, 1.54) is 0 Å². The first-order valence-corrected chi connectivity index (χ1v) is 2.98. The summed E-state index contributed by atoms with van der Waals surface area (Å²) in [6.45, 7) is 0.892. The molecule has 0 unspecified atom stereocenters. The van der Waals surface area contributed by atoms with Crippen LogP contribution in [0.25, 0.3) is 0 Å². The monoisotopic (exact) mass is 114 g/mol. The van der Waals surface area contributed by atoms with Gasteiger partial charge in [-0.25, -0.2) is 0 Å². The van der Waals surface area contributed by atoms with E-state index in [1.54, 1.807) is 0 Å². The van der Waals surface area contributed by atoms with Crippen molar-refractivity contribution in [2.45, 2.75) is 25.4 Å². The highest BCUT2D eigenvalue weighted by molar-refractivity contribution is 5.49. The maximum absolute atomic E-state index is 9.79. The summed E-state index contributed by atoms with van der Waals surface area (Å²) in [5.41, 5.74) is 0. The van der Waals surface area contributed by atoms with Crippen LogP contribution in [0.2, 0.25) is 0 Å². The van der Waals surface area contributed by atoms with Crippen molar-refractivity contribution < 1.29 is 9.53 Å². The van der Waals surface area contributed by atoms with Gasteiger partial charge in [-0.1, -0.05) is 0 Å². The third kappa shape index (κ3) is 1.30. The second-order valence-electron chi connectivity index (χ2n) is 2.03. The van der Waals surface area contributed by atoms with Crippen LogP contribution in [0.3, 0.4) is 0 Å². The molecular weight excluding hydrogens is 104 g/mol. The lowest BCUT2D eigenvalue weighted by molar-refractivity contribution is -0.110. The zero-order valence-corrected chi connectivity index (χ0v) is 4.80. The van der Waals surface area contributed by atoms with Crippen LogP contribution in [-0.2, 0) is 9.53 Å². The first-order chi connectivity index (χ1) is 3.93. The molecule has 2 heteroatoms. The Morgan fingerprint density at radius 3 is 2.88 bits per heavy atom. The topological polar surface area (TPSA) is 26.3 Å². The Morgan fingerprint density at radius 1 is 1.75 bits per heavy atom. The van der Waals surface area contributed by atoms with Crippen molar-refractivity contribution in [3.63, 3.8) is 0 Å². The Labute approximate surface area is 48.8 Å². The Morgan fingerprint density at radius 2 is 2.50 bits per heavy atom. The maximum atomic E-state index is 9.79. The van der Waals surface area contributed by atoms with Crippen LogP contribution < -0.4 is 0 Å². The Balaban J connectivity index is 1.93. The molecule has 1 saturated heterocycles. The van der Waals surface area contributed by atoms with E-state index in [1.807, 2.05) is 0 Å². The van der Waals surface area contributed by atoms with Crippen LogP contribution in [0.4, 0.5) is 0 Å². The lowest BCUT2D eigenvalue weighted by Crippen LogP contribution is -2.26. The summed E-state index contributed by atoms with van der Waals surface area (Å²) in [7, 11) is 0. The zero-order chi connectivity index (χ0) is 5.82. The molecule has 1 rings (SSSR count). The van der Waals surface area contributed by atoms with E-state index >= 15 is 0 Å². The molecule has 1 aliphatic rings. The van der Waals surface area contributed by atoms with Crippen molar-refractivity contribution in [3.05, 3.63) is 0 Å². The molecule has 0 aromatic carbocycles. The SMILES string of the molecule is O=CCC[C@@H]1CCO1. The van der Waals surface area contributed by atoms with E-state index < -0.39 is 0 Å². The maximum Gasteiger partial charge on any atom is 0.120 e. The predicted octanol–water partition coefficient (Wildman–Crippen LogP) is 0.754. The van der Waals surface area contributed by atoms with Gasteiger partial charge in [-0.15, -0.1) is 0 Å². The highest BCUT2D eigenvalue weighted by Gasteiger charge is 2.16. The van der Waals surface area contributed by atoms with Gasteiger partial charge in [-0.2, -0.15) is 0 Å². The van der Waals surface area contributed by atoms with Crippen molar-refractivity contribution in [2.75, 3.05) is 6.61 Å². The summed E-state index contributed by atoms with van der Waals surface area (Å²) in [5, 5.41) is 0. The van der Waals surface area contributed by atoms with E-state index in [2.05, 4.69) is 0 Å². The molecule has 0 bridgehead atoms. The van der Waals surface area contributed by atoms with Gasteiger partial charge < -0.3 is 9.53 Å². The van der Waals surface area contributed by atoms with Crippen molar-refractivity contribution >= 4 is 6.29 Å². The largest absolute Gasteiger partial charge is 0.378 e. The predicted molar refractivity (Wildman–Crippen MR) is 29.7 cm³/mol. The molecule has 0 aliphatic carbocycles. The van der Waals surface area contributed by atoms with Crippen LogP contribution in [0.15, 0.2) is 0 Å². The van der Waals surface area contributed by atoms with Gasteiger partial charge in [-0.3, -0.25) is 0 Å². The Kier molecular flexibility index (Phi) is 2.03. The van der Waals surface area contributed by atoms with Crippen molar-refractivity contribution in [3.8, 4) is 0 Å². The van der Waals surface area contributed by atoms with E-state index in [9.17, 15) is 4.79 Å². The molecule has 0 radical (unpaired) electrons. The molecule has 0 N–H and O–H groups in total. The van der Waals surface area contributed by atoms with Gasteiger partial charge in [0.1, 0.15) is 6.29 Å². The van der Waals surface area contributed by atoms with Crippen LogP contribution in [0.5, 0.6) is 0 Å². The van der Waals surface area contributed by atoms with Crippen LogP contribution in [-0.4, -0.2) is 19.0 Å². The quantitative estimate of drug-likeness (QED) is 0.506. The molecule has 2 nitrogen and oxygen atoms in total. The van der Waals surface area contributed by atoms with Crippen molar-refractivity contribution in [1.82, 2.24) is 0 Å². The number of carbonyl (C=O) groups is 1. The summed E-state index contributed by atoms with van der Waals surface area (Å²) < 4.78 is 5.07. The van der Waals surface area contributed by atoms with Gasteiger partial charge in [0.05, 0.1) is 6.10 Å². The summed E-state index contributed by atoms with van der Waals surface area (Å²) in [6.07, 6.45) is 4.07. The van der Waals surface area contributed by atoms with Gasteiger partial charge in [-0.05, 0) is 12.8 Å². The molecule has 0 aromatic heterocycles. The molecule has 1 fully saturated rings. The highest BCUT2D eigenvalue weighted by atomic mass is 16.5. The third-order valence-corrected chi connectivity index (χ3v) is 1.40. The standard InChI is InChI=1S/C6H10O2/c7-4-1-2-6-3-5-8-6/h4,6H,1-3,5H2/t6-/m1/s1. The average Bonchev–Trinajstić information content (AvgIpc) is 1.63. The van der Waals surface area contributed by atoms with Crippen LogP contribution >= 0.6 is 0 Å². The smallest absolute Gasteiger partial charge is 0.120 e. The fourth-order valence-corrected chi connectivity index (χ4v) is 0.766. The summed E-state index contributed by atoms with van der Waals surface area (Å²) in [4.78, 5) is 9.79. The second kappa shape index (κ2) is 2.82. The summed E-state index contributed by atoms with van der Waals surface area (Å²) in [5.74, 6) is 0. The molecule has 8 heavy (non-hydrogen) atoms. The fraction of sp³-hybridized carbons (Fsp3) is 0.833. The molecule has 0 saturated carbocycles. The molecule has 1 heterocycles. The minimum Gasteiger partial charge on any atom is -0.378 e. The lowest BCUT2D eigenvalue weighted by atomic mass is 10.1. The molecule has 46 valence electrons. The molecule has 1 atom stereocenters. The number of hydrogen-bond donors (Lipinski definition) is 0. The Bertz CT molecular complexity index is 76.6. The molecule has 0 spiro atoms. The zero-order valence-electron chi connectivity index (χ0n) is 4.80. The van der Waals surface area contributed by atoms with Gasteiger partial charge >= 0.3 is 0 Å². The molecule has 0 aromatic rings. The molecule has 1 aliphatic heterocycles. The van der Waals surface area contributed by atoms with Crippen molar-refractivity contribution in [2.24, 2.45) is 0 Å². The molecular formula is C6H10O2. The number of aldehydes is 1.